The van der Waals surface area contributed by atoms with Crippen molar-refractivity contribution in [3.63, 3.8) is 0 Å². The molecule has 2 aliphatic carbocycles. The smallest absolute Gasteiger partial charge is 0.237 e. The van der Waals surface area contributed by atoms with Crippen LogP contribution < -0.4 is 10.6 Å². The first-order valence-corrected chi connectivity index (χ1v) is 7.38. The van der Waals surface area contributed by atoms with Gasteiger partial charge in [-0.3, -0.25) is 10.1 Å². The minimum atomic E-state index is -0.114. The molecule has 0 aliphatic heterocycles. The number of rotatable bonds is 4. The zero-order valence-electron chi connectivity index (χ0n) is 11.5. The fourth-order valence-corrected chi connectivity index (χ4v) is 2.86. The molecule has 3 nitrogen and oxygen atoms in total. The average molecular weight is 258 g/mol. The Labute approximate surface area is 114 Å². The number of amides is 1. The normalized spacial score (nSPS) is 23.5. The lowest BCUT2D eigenvalue weighted by molar-refractivity contribution is -0.123. The molecule has 0 radical (unpaired) electrons. The van der Waals surface area contributed by atoms with E-state index in [1.807, 2.05) is 6.92 Å². The summed E-state index contributed by atoms with van der Waals surface area (Å²) in [4.78, 5) is 12.0. The minimum absolute atomic E-state index is 0.114. The van der Waals surface area contributed by atoms with Crippen molar-refractivity contribution in [3.8, 4) is 0 Å². The summed E-state index contributed by atoms with van der Waals surface area (Å²) in [6.07, 6.45) is 5.77. The van der Waals surface area contributed by atoms with Crippen molar-refractivity contribution in [2.75, 3.05) is 0 Å². The molecule has 2 N–H and O–H groups in total. The largest absolute Gasteiger partial charge is 0.352 e. The van der Waals surface area contributed by atoms with E-state index in [1.165, 1.54) is 17.5 Å². The third kappa shape index (κ3) is 2.98. The maximum absolute atomic E-state index is 12.0. The highest BCUT2D eigenvalue weighted by Crippen LogP contribution is 2.29. The molecule has 0 saturated heterocycles. The van der Waals surface area contributed by atoms with Gasteiger partial charge in [0.2, 0.25) is 5.91 Å². The van der Waals surface area contributed by atoms with Crippen LogP contribution in [-0.2, 0) is 11.2 Å². The van der Waals surface area contributed by atoms with Gasteiger partial charge in [-0.1, -0.05) is 24.3 Å². The molecule has 102 valence electrons. The van der Waals surface area contributed by atoms with Crippen LogP contribution in [0.25, 0.3) is 0 Å². The van der Waals surface area contributed by atoms with Crippen molar-refractivity contribution in [1.82, 2.24) is 10.6 Å². The number of hydrogen-bond donors (Lipinski definition) is 2. The molecule has 2 aliphatic rings. The van der Waals surface area contributed by atoms with Crippen LogP contribution in [0.3, 0.4) is 0 Å². The molecule has 19 heavy (non-hydrogen) atoms. The Morgan fingerprint density at radius 2 is 2.05 bits per heavy atom. The summed E-state index contributed by atoms with van der Waals surface area (Å²) in [7, 11) is 0. The Balaban J connectivity index is 1.64. The van der Waals surface area contributed by atoms with Crippen molar-refractivity contribution in [2.45, 2.75) is 57.2 Å². The molecule has 1 amide bonds. The molecule has 1 saturated carbocycles. The highest BCUT2D eigenvalue weighted by molar-refractivity contribution is 5.81. The van der Waals surface area contributed by atoms with Gasteiger partial charge in [-0.25, -0.2) is 0 Å². The van der Waals surface area contributed by atoms with Gasteiger partial charge in [-0.15, -0.1) is 0 Å². The van der Waals surface area contributed by atoms with Crippen LogP contribution in [0.15, 0.2) is 24.3 Å². The molecule has 3 rings (SSSR count). The SMILES string of the molecule is C[C@@H](N[C@H]1CCCc2ccccc21)C(=O)NC1CC1. The standard InChI is InChI=1S/C16H22N2O/c1-11(16(19)18-13-9-10-13)17-15-8-4-6-12-5-2-3-7-14(12)15/h2-3,5,7,11,13,15,17H,4,6,8-10H2,1H3,(H,18,19)/t11-,15+/m1/s1. The molecule has 3 heteroatoms. The highest BCUT2D eigenvalue weighted by atomic mass is 16.2. The summed E-state index contributed by atoms with van der Waals surface area (Å²) < 4.78 is 0. The first kappa shape index (κ1) is 12.7. The zero-order valence-corrected chi connectivity index (χ0v) is 11.5. The predicted molar refractivity (Wildman–Crippen MR) is 75.9 cm³/mol. The zero-order chi connectivity index (χ0) is 13.2. The van der Waals surface area contributed by atoms with E-state index in [-0.39, 0.29) is 11.9 Å². The Bertz CT molecular complexity index is 468. The van der Waals surface area contributed by atoms with Gasteiger partial charge in [0.25, 0.3) is 0 Å². The molecule has 0 spiro atoms. The van der Waals surface area contributed by atoms with E-state index < -0.39 is 0 Å². The summed E-state index contributed by atoms with van der Waals surface area (Å²) >= 11 is 0. The molecule has 2 atom stereocenters. The maximum atomic E-state index is 12.0. The molecule has 1 aromatic rings. The van der Waals surface area contributed by atoms with Crippen LogP contribution in [0, 0.1) is 0 Å². The lowest BCUT2D eigenvalue weighted by Crippen LogP contribution is -2.45. The van der Waals surface area contributed by atoms with Crippen LogP contribution in [0.2, 0.25) is 0 Å². The van der Waals surface area contributed by atoms with E-state index in [2.05, 4.69) is 34.9 Å². The lowest BCUT2D eigenvalue weighted by Gasteiger charge is -2.28. The number of carbonyl (C=O) groups is 1. The second kappa shape index (κ2) is 5.33. The van der Waals surface area contributed by atoms with E-state index in [1.54, 1.807) is 0 Å². The van der Waals surface area contributed by atoms with Crippen LogP contribution in [0.1, 0.15) is 49.8 Å². The fraction of sp³-hybridized carbons (Fsp3) is 0.562. The number of carbonyl (C=O) groups excluding carboxylic acids is 1. The monoisotopic (exact) mass is 258 g/mol. The van der Waals surface area contributed by atoms with E-state index in [4.69, 9.17) is 0 Å². The van der Waals surface area contributed by atoms with Crippen LogP contribution in [0.4, 0.5) is 0 Å². The second-order valence-corrected chi connectivity index (χ2v) is 5.81. The Morgan fingerprint density at radius 1 is 1.26 bits per heavy atom. The van der Waals surface area contributed by atoms with Gasteiger partial charge in [-0.05, 0) is 50.2 Å². The maximum Gasteiger partial charge on any atom is 0.237 e. The highest BCUT2D eigenvalue weighted by Gasteiger charge is 2.28. The quantitative estimate of drug-likeness (QED) is 0.870. The van der Waals surface area contributed by atoms with Gasteiger partial charge in [0.1, 0.15) is 0 Å². The van der Waals surface area contributed by atoms with Gasteiger partial charge in [0.05, 0.1) is 6.04 Å². The van der Waals surface area contributed by atoms with E-state index in [0.29, 0.717) is 12.1 Å². The Hall–Kier alpha value is -1.35. The summed E-state index contributed by atoms with van der Waals surface area (Å²) in [5.74, 6) is 0.144. The van der Waals surface area contributed by atoms with E-state index in [9.17, 15) is 4.79 Å². The number of benzene rings is 1. The van der Waals surface area contributed by atoms with Crippen molar-refractivity contribution >= 4 is 5.91 Å². The van der Waals surface area contributed by atoms with Gasteiger partial charge in [0, 0.05) is 12.1 Å². The molecule has 0 bridgehead atoms. The van der Waals surface area contributed by atoms with E-state index in [0.717, 1.165) is 25.7 Å². The second-order valence-electron chi connectivity index (χ2n) is 5.81. The van der Waals surface area contributed by atoms with E-state index >= 15 is 0 Å². The number of hydrogen-bond acceptors (Lipinski definition) is 2. The summed E-state index contributed by atoms with van der Waals surface area (Å²) in [5.41, 5.74) is 2.81. The van der Waals surface area contributed by atoms with Crippen molar-refractivity contribution in [3.05, 3.63) is 35.4 Å². The van der Waals surface area contributed by atoms with Gasteiger partial charge >= 0.3 is 0 Å². The predicted octanol–water partition coefficient (Wildman–Crippen LogP) is 2.32. The molecule has 0 heterocycles. The van der Waals surface area contributed by atoms with Crippen LogP contribution in [-0.4, -0.2) is 18.0 Å². The topological polar surface area (TPSA) is 41.1 Å². The number of nitrogens with one attached hydrogen (secondary N) is 2. The molecule has 1 aromatic carbocycles. The molecular formula is C16H22N2O. The summed E-state index contributed by atoms with van der Waals surface area (Å²) in [6, 6.07) is 9.24. The van der Waals surface area contributed by atoms with Gasteiger partial charge in [-0.2, -0.15) is 0 Å². The third-order valence-corrected chi connectivity index (χ3v) is 4.14. The van der Waals surface area contributed by atoms with Crippen molar-refractivity contribution < 1.29 is 4.79 Å². The van der Waals surface area contributed by atoms with Gasteiger partial charge in [0.15, 0.2) is 0 Å². The lowest BCUT2D eigenvalue weighted by atomic mass is 9.87. The molecular weight excluding hydrogens is 236 g/mol. The number of fused-ring (bicyclic) bond motifs is 1. The average Bonchev–Trinajstić information content (AvgIpc) is 3.23. The molecule has 1 fully saturated rings. The fourth-order valence-electron chi connectivity index (χ4n) is 2.86. The van der Waals surface area contributed by atoms with Crippen LogP contribution >= 0.6 is 0 Å². The number of aryl methyl sites for hydroxylation is 1. The van der Waals surface area contributed by atoms with Crippen molar-refractivity contribution in [2.24, 2.45) is 0 Å². The van der Waals surface area contributed by atoms with Crippen molar-refractivity contribution in [1.29, 1.82) is 0 Å². The Morgan fingerprint density at radius 3 is 2.84 bits per heavy atom. The first-order chi connectivity index (χ1) is 9.24. The third-order valence-electron chi connectivity index (χ3n) is 4.14. The van der Waals surface area contributed by atoms with Crippen LogP contribution in [0.5, 0.6) is 0 Å². The Kier molecular flexibility index (Phi) is 3.56. The minimum Gasteiger partial charge on any atom is -0.352 e. The summed E-state index contributed by atoms with van der Waals surface area (Å²) in [5, 5.41) is 6.56. The summed E-state index contributed by atoms with van der Waals surface area (Å²) in [6.45, 7) is 1.97. The molecule has 0 aromatic heterocycles. The van der Waals surface area contributed by atoms with Gasteiger partial charge < -0.3 is 5.32 Å². The molecule has 0 unspecified atom stereocenters. The first-order valence-electron chi connectivity index (χ1n) is 7.38.